The summed E-state index contributed by atoms with van der Waals surface area (Å²) >= 11 is 0. The number of nitrogens with zero attached hydrogens (tertiary/aromatic N) is 1. The Morgan fingerprint density at radius 3 is 2.35 bits per heavy atom. The van der Waals surface area contributed by atoms with Gasteiger partial charge in [-0.05, 0) is 38.5 Å². The summed E-state index contributed by atoms with van der Waals surface area (Å²) < 4.78 is 4.54. The van der Waals surface area contributed by atoms with E-state index in [-0.39, 0.29) is 18.2 Å². The molecule has 0 fully saturated rings. The highest BCUT2D eigenvalue weighted by Gasteiger charge is 2.24. The number of esters is 1. The van der Waals surface area contributed by atoms with Crippen molar-refractivity contribution in [2.75, 3.05) is 7.11 Å². The lowest BCUT2D eigenvalue weighted by atomic mass is 9.94. The van der Waals surface area contributed by atoms with Crippen molar-refractivity contribution in [3.8, 4) is 0 Å². The first-order valence-corrected chi connectivity index (χ1v) is 7.06. The molecule has 0 radical (unpaired) electrons. The zero-order valence-electron chi connectivity index (χ0n) is 13.6. The largest absolute Gasteiger partial charge is 0.469 e. The van der Waals surface area contributed by atoms with Crippen LogP contribution in [0.25, 0.3) is 0 Å². The fourth-order valence-corrected chi connectivity index (χ4v) is 2.00. The molecule has 0 aliphatic carbocycles. The lowest BCUT2D eigenvalue weighted by Gasteiger charge is -2.27. The van der Waals surface area contributed by atoms with Crippen molar-refractivity contribution in [2.24, 2.45) is 0 Å². The maximum Gasteiger partial charge on any atom is 0.315 e. The average Bonchev–Trinajstić information content (AvgIpc) is 2.46. The van der Waals surface area contributed by atoms with E-state index in [1.165, 1.54) is 19.2 Å². The Bertz CT molecular complexity index is 583. The van der Waals surface area contributed by atoms with Crippen molar-refractivity contribution >= 4 is 17.7 Å². The van der Waals surface area contributed by atoms with Gasteiger partial charge in [-0.3, -0.25) is 14.9 Å². The van der Waals surface area contributed by atoms with Crippen LogP contribution in [0.5, 0.6) is 0 Å². The van der Waals surface area contributed by atoms with Gasteiger partial charge in [-0.2, -0.15) is 0 Å². The van der Waals surface area contributed by atoms with E-state index >= 15 is 0 Å². The van der Waals surface area contributed by atoms with Gasteiger partial charge in [0.25, 0.3) is 5.69 Å². The Balaban J connectivity index is 2.68. The number of non-ortho nitro benzene ring substituents is 1. The number of nitrogens with one attached hydrogen (secondary N) is 2. The predicted octanol–water partition coefficient (Wildman–Crippen LogP) is 2.08. The zero-order chi connectivity index (χ0) is 17.6. The van der Waals surface area contributed by atoms with Gasteiger partial charge in [0.05, 0.1) is 24.0 Å². The Morgan fingerprint density at radius 1 is 1.30 bits per heavy atom. The number of methoxy groups -OCH3 is 1. The summed E-state index contributed by atoms with van der Waals surface area (Å²) in [5, 5.41) is 16.1. The second-order valence-corrected chi connectivity index (χ2v) is 5.71. The van der Waals surface area contributed by atoms with Crippen LogP contribution >= 0.6 is 0 Å². The number of hydrogen-bond donors (Lipinski definition) is 2. The lowest BCUT2D eigenvalue weighted by molar-refractivity contribution is -0.384. The average molecular weight is 323 g/mol. The summed E-state index contributed by atoms with van der Waals surface area (Å²) in [6.45, 7) is 5.24. The van der Waals surface area contributed by atoms with Crippen LogP contribution in [0.2, 0.25) is 0 Å². The van der Waals surface area contributed by atoms with Gasteiger partial charge in [-0.25, -0.2) is 4.79 Å². The molecule has 1 aromatic rings. The number of urea groups is 1. The smallest absolute Gasteiger partial charge is 0.315 e. The number of carbonyl (C=O) groups excluding carboxylic acids is 2. The third-order valence-corrected chi connectivity index (χ3v) is 3.30. The van der Waals surface area contributed by atoms with E-state index in [1.807, 2.05) is 0 Å². The van der Waals surface area contributed by atoms with Crippen LogP contribution in [0, 0.1) is 10.1 Å². The zero-order valence-corrected chi connectivity index (χ0v) is 13.6. The van der Waals surface area contributed by atoms with Crippen molar-refractivity contribution < 1.29 is 19.2 Å². The molecule has 0 saturated carbocycles. The van der Waals surface area contributed by atoms with Crippen LogP contribution in [0.1, 0.15) is 32.8 Å². The lowest BCUT2D eigenvalue weighted by Crippen LogP contribution is -2.49. The summed E-state index contributed by atoms with van der Waals surface area (Å²) in [6.07, 6.45) is 0.0713. The molecule has 0 aliphatic heterocycles. The van der Waals surface area contributed by atoms with Crippen molar-refractivity contribution in [3.63, 3.8) is 0 Å². The van der Waals surface area contributed by atoms with E-state index < -0.39 is 22.5 Å². The van der Waals surface area contributed by atoms with Gasteiger partial charge >= 0.3 is 12.0 Å². The molecule has 8 heteroatoms. The molecule has 0 heterocycles. The second-order valence-electron chi connectivity index (χ2n) is 5.71. The van der Waals surface area contributed by atoms with E-state index in [1.54, 1.807) is 32.9 Å². The second kappa shape index (κ2) is 7.57. The van der Waals surface area contributed by atoms with Crippen molar-refractivity contribution in [3.05, 3.63) is 39.9 Å². The van der Waals surface area contributed by atoms with Crippen LogP contribution in [0.15, 0.2) is 24.3 Å². The van der Waals surface area contributed by atoms with Crippen LogP contribution in [0.3, 0.4) is 0 Å². The fraction of sp³-hybridized carbons (Fsp3) is 0.467. The molecule has 0 spiro atoms. The number of hydrogen-bond acceptors (Lipinski definition) is 5. The highest BCUT2D eigenvalue weighted by atomic mass is 16.6. The molecule has 8 nitrogen and oxygen atoms in total. The SMILES string of the molecule is COC(=O)CC(C)NC(=O)NC(C)(C)c1ccc([N+](=O)[O-])cc1. The molecule has 0 aromatic heterocycles. The molecule has 2 amide bonds. The van der Waals surface area contributed by atoms with Gasteiger partial charge in [0.15, 0.2) is 0 Å². The molecule has 1 unspecified atom stereocenters. The molecule has 0 saturated heterocycles. The molecule has 1 aromatic carbocycles. The molecule has 1 rings (SSSR count). The van der Waals surface area contributed by atoms with Gasteiger partial charge in [-0.1, -0.05) is 0 Å². The third-order valence-electron chi connectivity index (χ3n) is 3.30. The maximum absolute atomic E-state index is 12.0. The highest BCUT2D eigenvalue weighted by Crippen LogP contribution is 2.22. The number of ether oxygens (including phenoxy) is 1. The number of carbonyl (C=O) groups is 2. The third kappa shape index (κ3) is 5.57. The summed E-state index contributed by atoms with van der Waals surface area (Å²) in [5.41, 5.74) is -0.0240. The van der Waals surface area contributed by atoms with E-state index in [9.17, 15) is 19.7 Å². The van der Waals surface area contributed by atoms with Gasteiger partial charge < -0.3 is 15.4 Å². The molecule has 0 bridgehead atoms. The predicted molar refractivity (Wildman–Crippen MR) is 83.9 cm³/mol. The van der Waals surface area contributed by atoms with E-state index in [4.69, 9.17) is 0 Å². The van der Waals surface area contributed by atoms with E-state index in [0.717, 1.165) is 5.56 Å². The molecular weight excluding hydrogens is 302 g/mol. The van der Waals surface area contributed by atoms with Crippen LogP contribution in [-0.4, -0.2) is 30.1 Å². The molecule has 2 N–H and O–H groups in total. The summed E-state index contributed by atoms with van der Waals surface area (Å²) in [7, 11) is 1.28. The molecule has 23 heavy (non-hydrogen) atoms. The first kappa shape index (κ1) is 18.4. The normalized spacial score (nSPS) is 12.2. The topological polar surface area (TPSA) is 111 Å². The molecular formula is C15H21N3O5. The van der Waals surface area contributed by atoms with Crippen molar-refractivity contribution in [1.82, 2.24) is 10.6 Å². The fourth-order valence-electron chi connectivity index (χ4n) is 2.00. The monoisotopic (exact) mass is 323 g/mol. The highest BCUT2D eigenvalue weighted by molar-refractivity contribution is 5.77. The minimum atomic E-state index is -0.732. The van der Waals surface area contributed by atoms with Crippen molar-refractivity contribution in [2.45, 2.75) is 38.8 Å². The van der Waals surface area contributed by atoms with E-state index in [0.29, 0.717) is 0 Å². The maximum atomic E-state index is 12.0. The first-order chi connectivity index (χ1) is 10.7. The Kier molecular flexibility index (Phi) is 6.06. The van der Waals surface area contributed by atoms with Crippen LogP contribution in [-0.2, 0) is 15.1 Å². The quantitative estimate of drug-likeness (QED) is 0.473. The first-order valence-electron chi connectivity index (χ1n) is 7.06. The minimum absolute atomic E-state index is 0.0132. The Hall–Kier alpha value is -2.64. The van der Waals surface area contributed by atoms with Crippen LogP contribution < -0.4 is 10.6 Å². The Morgan fingerprint density at radius 2 is 1.87 bits per heavy atom. The number of amides is 2. The van der Waals surface area contributed by atoms with Gasteiger partial charge in [0.1, 0.15) is 0 Å². The van der Waals surface area contributed by atoms with E-state index in [2.05, 4.69) is 15.4 Å². The van der Waals surface area contributed by atoms with Gasteiger partial charge in [-0.15, -0.1) is 0 Å². The number of nitro benzene ring substituents is 1. The summed E-state index contributed by atoms with van der Waals surface area (Å²) in [6, 6.07) is 5.14. The Labute approximate surface area is 134 Å². The minimum Gasteiger partial charge on any atom is -0.469 e. The summed E-state index contributed by atoms with van der Waals surface area (Å²) in [4.78, 5) is 33.3. The van der Waals surface area contributed by atoms with Crippen LogP contribution in [0.4, 0.5) is 10.5 Å². The van der Waals surface area contributed by atoms with Gasteiger partial charge in [0, 0.05) is 18.2 Å². The van der Waals surface area contributed by atoms with Gasteiger partial charge in [0.2, 0.25) is 0 Å². The van der Waals surface area contributed by atoms with Crippen molar-refractivity contribution in [1.29, 1.82) is 0 Å². The number of benzene rings is 1. The molecule has 1 atom stereocenters. The number of nitro groups is 1. The standard InChI is InChI=1S/C15H21N3O5/c1-10(9-13(19)23-4)16-14(20)17-15(2,3)11-5-7-12(8-6-11)18(21)22/h5-8,10H,9H2,1-4H3,(H2,16,17,20). The summed E-state index contributed by atoms with van der Waals surface area (Å²) in [5.74, 6) is -0.410. The number of rotatable bonds is 6. The molecule has 0 aliphatic rings. The molecule has 126 valence electrons.